The van der Waals surface area contributed by atoms with Crippen molar-refractivity contribution < 1.29 is 0 Å². The molecule has 0 saturated carbocycles. The average Bonchev–Trinajstić information content (AvgIpc) is 4.05. The van der Waals surface area contributed by atoms with Gasteiger partial charge in [-0.3, -0.25) is 4.57 Å². The number of hydrogen-bond donors (Lipinski definition) is 0. The predicted molar refractivity (Wildman–Crippen MR) is 290 cm³/mol. The van der Waals surface area contributed by atoms with Crippen molar-refractivity contribution in [1.29, 1.82) is 0 Å². The number of rotatable bonds is 4. The molecule has 1 atom stereocenters. The van der Waals surface area contributed by atoms with Crippen molar-refractivity contribution in [3.05, 3.63) is 234 Å². The summed E-state index contributed by atoms with van der Waals surface area (Å²) in [6.07, 6.45) is 10.7. The number of aromatic nitrogens is 3. The number of benzene rings is 9. The van der Waals surface area contributed by atoms with E-state index in [1.807, 2.05) is 29.5 Å². The zero-order valence-corrected chi connectivity index (χ0v) is 39.1. The lowest BCUT2D eigenvalue weighted by molar-refractivity contribution is 0.812. The van der Waals surface area contributed by atoms with Crippen molar-refractivity contribution in [3.63, 3.8) is 0 Å². The van der Waals surface area contributed by atoms with Gasteiger partial charge in [-0.1, -0.05) is 169 Å². The summed E-state index contributed by atoms with van der Waals surface area (Å²) in [6, 6.07) is 64.5. The largest absolute Gasteiger partial charge is 0.278 e. The second-order valence-electron chi connectivity index (χ2n) is 18.6. The lowest BCUT2D eigenvalue weighted by Gasteiger charge is -2.16. The van der Waals surface area contributed by atoms with Gasteiger partial charge in [-0.2, -0.15) is 0 Å². The molecule has 0 aliphatic heterocycles. The van der Waals surface area contributed by atoms with Gasteiger partial charge in [0.15, 0.2) is 0 Å². The maximum absolute atomic E-state index is 5.58. The fraction of sp³-hybridized carbons (Fsp3) is 0.0938. The smallest absolute Gasteiger partial charge is 0.235 e. The summed E-state index contributed by atoms with van der Waals surface area (Å²) in [5, 5.41) is 8.79. The van der Waals surface area contributed by atoms with Crippen LogP contribution in [-0.2, 0) is 6.42 Å². The molecule has 0 radical (unpaired) electrons. The van der Waals surface area contributed by atoms with E-state index in [0.29, 0.717) is 0 Å². The minimum absolute atomic E-state index is 0.176. The quantitative estimate of drug-likeness (QED) is 0.176. The Bertz CT molecular complexity index is 4070. The van der Waals surface area contributed by atoms with Crippen molar-refractivity contribution in [2.24, 2.45) is 0 Å². The van der Waals surface area contributed by atoms with Crippen LogP contribution in [0.15, 0.2) is 200 Å². The van der Waals surface area contributed by atoms with Crippen molar-refractivity contribution in [2.75, 3.05) is 0 Å². The van der Waals surface area contributed by atoms with E-state index in [1.54, 1.807) is 0 Å². The fourth-order valence-corrected chi connectivity index (χ4v) is 12.1. The highest BCUT2D eigenvalue weighted by molar-refractivity contribution is 7.25. The van der Waals surface area contributed by atoms with E-state index in [2.05, 4.69) is 207 Å². The van der Waals surface area contributed by atoms with E-state index in [0.717, 1.165) is 41.0 Å². The van der Waals surface area contributed by atoms with Gasteiger partial charge >= 0.3 is 0 Å². The molecule has 0 saturated heterocycles. The van der Waals surface area contributed by atoms with Crippen LogP contribution in [0.3, 0.4) is 0 Å². The minimum Gasteiger partial charge on any atom is -0.278 e. The van der Waals surface area contributed by atoms with E-state index >= 15 is 0 Å². The van der Waals surface area contributed by atoms with Crippen LogP contribution in [0.2, 0.25) is 0 Å². The molecule has 2 aliphatic rings. The molecular weight excluding hydrogens is 843 g/mol. The van der Waals surface area contributed by atoms with Gasteiger partial charge < -0.3 is 0 Å². The Balaban J connectivity index is 0.000000602. The van der Waals surface area contributed by atoms with Crippen LogP contribution in [-0.4, -0.2) is 14.5 Å². The highest BCUT2D eigenvalue weighted by Gasteiger charge is 2.27. The van der Waals surface area contributed by atoms with Gasteiger partial charge in [-0.15, -0.1) is 11.3 Å². The maximum Gasteiger partial charge on any atom is 0.235 e. The van der Waals surface area contributed by atoms with Gasteiger partial charge in [-0.05, 0) is 147 Å². The molecule has 2 aliphatic carbocycles. The molecule has 14 rings (SSSR count). The van der Waals surface area contributed by atoms with E-state index in [1.165, 1.54) is 108 Å². The zero-order chi connectivity index (χ0) is 45.5. The molecule has 0 fully saturated rings. The third-order valence-corrected chi connectivity index (χ3v) is 15.6. The molecule has 1 unspecified atom stereocenters. The van der Waals surface area contributed by atoms with Gasteiger partial charge in [0, 0.05) is 26.8 Å². The minimum atomic E-state index is 0.176. The predicted octanol–water partition coefficient (Wildman–Crippen LogP) is 17.4. The Hall–Kier alpha value is -7.92. The molecule has 68 heavy (non-hydrogen) atoms. The lowest BCUT2D eigenvalue weighted by atomic mass is 9.89. The average molecular weight is 890 g/mol. The second-order valence-corrected chi connectivity index (χ2v) is 19.6. The highest BCUT2D eigenvalue weighted by Crippen LogP contribution is 2.46. The van der Waals surface area contributed by atoms with Gasteiger partial charge in [-0.25, -0.2) is 9.97 Å². The molecule has 3 nitrogen and oxygen atoms in total. The maximum atomic E-state index is 5.58. The van der Waals surface area contributed by atoms with E-state index in [4.69, 9.17) is 9.97 Å². The summed E-state index contributed by atoms with van der Waals surface area (Å²) in [6.45, 7) is 6.55. The van der Waals surface area contributed by atoms with Crippen molar-refractivity contribution in [1.82, 2.24) is 14.5 Å². The third kappa shape index (κ3) is 6.62. The van der Waals surface area contributed by atoms with Crippen molar-refractivity contribution in [2.45, 2.75) is 39.5 Å². The first kappa shape index (κ1) is 40.4. The van der Waals surface area contributed by atoms with Crippen LogP contribution in [0.25, 0.3) is 103 Å². The molecule has 0 bridgehead atoms. The number of allylic oxidation sites excluding steroid dienone is 4. The Labute approximate surface area is 400 Å². The molecule has 0 spiro atoms. The SMILES string of the molecule is Cc1ccc(-c2ccc3c(c2)c2cc4c(cc2n3-c2nc(C3C=CC=CC3)c3sc5ccccc5c3n2)Cc2c-4ccc3ccccc23)cc1-c1c(C)ccc2ccccc12.Cc1ccccc1. The summed E-state index contributed by atoms with van der Waals surface area (Å²) in [5.74, 6) is 0.904. The Morgan fingerprint density at radius 1 is 0.529 bits per heavy atom. The van der Waals surface area contributed by atoms with Crippen LogP contribution in [0, 0.1) is 20.8 Å². The van der Waals surface area contributed by atoms with Gasteiger partial charge in [0.25, 0.3) is 0 Å². The van der Waals surface area contributed by atoms with E-state index < -0.39 is 0 Å². The standard InChI is InChI=1S/C57H39N3S.C7H8/c1-33-20-23-38(28-45(33)53-34(2)21-22-36-13-7-9-17-42(36)53)39-25-27-50-48(29-39)49-32-46-40(30-47-41-16-8-6-12-35(41)24-26-43(46)47)31-51(49)60(50)57-58-54(37-14-4-3-5-15-37)56-55(59-57)44-18-10-11-19-52(44)61-56;1-7-5-3-2-4-6-7/h3-14,16-29,31-32,37H,15,30H2,1-2H3;2-6H,1H3. The summed E-state index contributed by atoms with van der Waals surface area (Å²) in [4.78, 5) is 11.1. The monoisotopic (exact) mass is 889 g/mol. The van der Waals surface area contributed by atoms with Crippen LogP contribution < -0.4 is 0 Å². The number of thiophene rings is 1. The molecule has 3 heterocycles. The molecular formula is C64H47N3S. The third-order valence-electron chi connectivity index (χ3n) is 14.4. The summed E-state index contributed by atoms with van der Waals surface area (Å²) in [5.41, 5.74) is 18.7. The molecule has 12 aromatic rings. The second kappa shape index (κ2) is 16.2. The number of aryl methyl sites for hydroxylation is 3. The Morgan fingerprint density at radius 2 is 1.24 bits per heavy atom. The van der Waals surface area contributed by atoms with Crippen molar-refractivity contribution in [3.8, 4) is 39.3 Å². The first-order valence-corrected chi connectivity index (χ1v) is 24.5. The summed E-state index contributed by atoms with van der Waals surface area (Å²) >= 11 is 1.81. The summed E-state index contributed by atoms with van der Waals surface area (Å²) < 4.78 is 4.78. The fourth-order valence-electron chi connectivity index (χ4n) is 10.9. The van der Waals surface area contributed by atoms with E-state index in [-0.39, 0.29) is 5.92 Å². The molecule has 3 aromatic heterocycles. The van der Waals surface area contributed by atoms with Crippen LogP contribution in [0.4, 0.5) is 0 Å². The van der Waals surface area contributed by atoms with Crippen LogP contribution in [0.5, 0.6) is 0 Å². The van der Waals surface area contributed by atoms with E-state index in [9.17, 15) is 0 Å². The Morgan fingerprint density at radius 3 is 2.04 bits per heavy atom. The van der Waals surface area contributed by atoms with Crippen LogP contribution in [0.1, 0.15) is 45.8 Å². The Kier molecular flexibility index (Phi) is 9.59. The van der Waals surface area contributed by atoms with Gasteiger partial charge in [0.05, 0.1) is 26.9 Å². The number of hydrogen-bond acceptors (Lipinski definition) is 3. The summed E-state index contributed by atoms with van der Waals surface area (Å²) in [7, 11) is 0. The molecule has 0 N–H and O–H groups in total. The molecule has 9 aromatic carbocycles. The van der Waals surface area contributed by atoms with Crippen LogP contribution >= 0.6 is 11.3 Å². The number of fused-ring (bicyclic) bond motifs is 12. The normalized spacial score (nSPS) is 14.0. The first-order chi connectivity index (χ1) is 33.4. The van der Waals surface area contributed by atoms with Gasteiger partial charge in [0.1, 0.15) is 0 Å². The van der Waals surface area contributed by atoms with Gasteiger partial charge in [0.2, 0.25) is 5.95 Å². The first-order valence-electron chi connectivity index (χ1n) is 23.7. The van der Waals surface area contributed by atoms with Crippen molar-refractivity contribution >= 4 is 75.0 Å². The topological polar surface area (TPSA) is 30.7 Å². The molecule has 324 valence electrons. The molecule has 4 heteroatoms. The zero-order valence-electron chi connectivity index (χ0n) is 38.3. The lowest BCUT2D eigenvalue weighted by Crippen LogP contribution is -2.07. The molecule has 0 amide bonds. The number of nitrogens with zero attached hydrogens (tertiary/aromatic N) is 3. The highest BCUT2D eigenvalue weighted by atomic mass is 32.1.